The third-order valence-corrected chi connectivity index (χ3v) is 11.2. The van der Waals surface area contributed by atoms with Gasteiger partial charge in [0.15, 0.2) is 0 Å². The fourth-order valence-electron chi connectivity index (χ4n) is 7.95. The number of ether oxygens (including phenoxy) is 2. The minimum absolute atomic E-state index is 0.0114. The molecular formula is C37H50N4O4S. The molecule has 1 saturated heterocycles. The molecule has 4 atom stereocenters. The van der Waals surface area contributed by atoms with Crippen LogP contribution >= 0.6 is 0 Å². The van der Waals surface area contributed by atoms with E-state index in [9.17, 15) is 8.42 Å². The van der Waals surface area contributed by atoms with E-state index in [0.29, 0.717) is 30.1 Å². The lowest BCUT2D eigenvalue weighted by molar-refractivity contribution is -0.0972. The molecule has 1 aliphatic carbocycles. The van der Waals surface area contributed by atoms with Crippen molar-refractivity contribution in [2.45, 2.75) is 103 Å². The Labute approximate surface area is 275 Å². The van der Waals surface area contributed by atoms with Crippen LogP contribution in [0.25, 0.3) is 11.3 Å². The summed E-state index contributed by atoms with van der Waals surface area (Å²) in [5, 5.41) is 0. The summed E-state index contributed by atoms with van der Waals surface area (Å²) in [5.41, 5.74) is 4.81. The van der Waals surface area contributed by atoms with Gasteiger partial charge >= 0.3 is 0 Å². The van der Waals surface area contributed by atoms with Crippen LogP contribution in [-0.2, 0) is 14.8 Å². The molecule has 0 radical (unpaired) electrons. The van der Waals surface area contributed by atoms with Gasteiger partial charge in [0.1, 0.15) is 0 Å². The number of aryl methyl sites for hydroxylation is 2. The second-order valence-electron chi connectivity index (χ2n) is 15.2. The Morgan fingerprint density at radius 2 is 1.63 bits per heavy atom. The van der Waals surface area contributed by atoms with E-state index in [1.807, 2.05) is 50.2 Å². The van der Waals surface area contributed by atoms with Crippen molar-refractivity contribution in [3.05, 3.63) is 65.2 Å². The molecule has 0 amide bonds. The van der Waals surface area contributed by atoms with Gasteiger partial charge in [0.25, 0.3) is 10.0 Å². The number of hydrogen-bond acceptors (Lipinski definition) is 7. The molecule has 2 aromatic carbocycles. The molecule has 1 unspecified atom stereocenters. The van der Waals surface area contributed by atoms with Gasteiger partial charge in [0.2, 0.25) is 11.8 Å². The number of nitrogens with zero attached hydrogens (tertiary/aromatic N) is 3. The third-order valence-electron chi connectivity index (χ3n) is 9.91. The molecule has 3 heterocycles. The Balaban J connectivity index is 1.35. The third kappa shape index (κ3) is 7.42. The van der Waals surface area contributed by atoms with E-state index >= 15 is 0 Å². The van der Waals surface area contributed by atoms with Crippen LogP contribution in [0.3, 0.4) is 0 Å². The number of benzene rings is 2. The van der Waals surface area contributed by atoms with Crippen LogP contribution in [0, 0.1) is 31.1 Å². The summed E-state index contributed by atoms with van der Waals surface area (Å²) in [6.45, 7) is 17.7. The number of hydrogen-bond donors (Lipinski definition) is 1. The molecule has 4 bridgehead atoms. The van der Waals surface area contributed by atoms with Crippen LogP contribution in [0.1, 0.15) is 82.9 Å². The van der Waals surface area contributed by atoms with Crippen LogP contribution in [0.4, 0.5) is 5.95 Å². The Morgan fingerprint density at radius 3 is 2.30 bits per heavy atom. The van der Waals surface area contributed by atoms with Gasteiger partial charge in [-0.15, -0.1) is 0 Å². The Hall–Kier alpha value is -3.01. The van der Waals surface area contributed by atoms with Crippen molar-refractivity contribution in [2.24, 2.45) is 17.3 Å². The summed E-state index contributed by atoms with van der Waals surface area (Å²) >= 11 is 0. The lowest BCUT2D eigenvalue weighted by atomic mass is 9.68. The maximum atomic E-state index is 13.8. The van der Waals surface area contributed by atoms with E-state index in [-0.39, 0.29) is 40.3 Å². The summed E-state index contributed by atoms with van der Waals surface area (Å²) in [6.07, 6.45) is 4.77. The summed E-state index contributed by atoms with van der Waals surface area (Å²) < 4.78 is 42.8. The van der Waals surface area contributed by atoms with Crippen molar-refractivity contribution >= 4 is 16.0 Å². The zero-order valence-corrected chi connectivity index (χ0v) is 29.2. The molecule has 46 heavy (non-hydrogen) atoms. The zero-order valence-electron chi connectivity index (χ0n) is 28.4. The van der Waals surface area contributed by atoms with E-state index in [1.54, 1.807) is 6.07 Å². The van der Waals surface area contributed by atoms with Gasteiger partial charge in [-0.2, -0.15) is 4.98 Å². The summed E-state index contributed by atoms with van der Waals surface area (Å²) in [7, 11) is -3.94. The molecule has 3 aromatic rings. The average molecular weight is 647 g/mol. The molecule has 2 fully saturated rings. The van der Waals surface area contributed by atoms with E-state index in [0.717, 1.165) is 61.0 Å². The lowest BCUT2D eigenvalue weighted by Gasteiger charge is -2.48. The molecule has 9 heteroatoms. The number of fused-ring (bicyclic) bond motifs is 4. The number of morpholine rings is 1. The second kappa shape index (κ2) is 12.9. The highest BCUT2D eigenvalue weighted by Gasteiger charge is 2.40. The Bertz CT molecular complexity index is 1630. The second-order valence-corrected chi connectivity index (χ2v) is 16.9. The first kappa shape index (κ1) is 32.9. The predicted molar refractivity (Wildman–Crippen MR) is 183 cm³/mol. The largest absolute Gasteiger partial charge is 0.477 e. The fourth-order valence-corrected chi connectivity index (χ4v) is 8.94. The highest BCUT2D eigenvalue weighted by atomic mass is 32.2. The van der Waals surface area contributed by atoms with Crippen molar-refractivity contribution in [2.75, 3.05) is 24.4 Å². The zero-order chi connectivity index (χ0) is 32.8. The highest BCUT2D eigenvalue weighted by molar-refractivity contribution is 7.92. The lowest BCUT2D eigenvalue weighted by Crippen LogP contribution is -2.54. The van der Waals surface area contributed by atoms with Gasteiger partial charge in [-0.05, 0) is 99.5 Å². The average Bonchev–Trinajstić information content (AvgIpc) is 2.93. The standard InChI is InChI=1S/C37H50N4O4S/c1-23-10-8-11-24(2)35(23)33-18-34-39-36(38-33)40-46(42,43)31-13-9-12-28(17-31)32(29(22-44-34)19-37(5,6)7)16-27-14-30(15-27)41-20-25(3)45-26(4)21-41/h8-13,17-18,25-27,29-30,32H,14-16,19-22H2,1-7H3,(H,38,39,40)/t25-,26+,27?,29-,30?,32?/m1/s1. The van der Waals surface area contributed by atoms with Gasteiger partial charge in [0, 0.05) is 36.7 Å². The van der Waals surface area contributed by atoms with Crippen molar-refractivity contribution in [3.63, 3.8) is 0 Å². The van der Waals surface area contributed by atoms with Gasteiger partial charge < -0.3 is 9.47 Å². The molecule has 248 valence electrons. The molecule has 0 spiro atoms. The molecule has 1 N–H and O–H groups in total. The fraction of sp³-hybridized carbons (Fsp3) is 0.568. The maximum Gasteiger partial charge on any atom is 0.264 e. The number of aromatic nitrogens is 2. The van der Waals surface area contributed by atoms with Crippen molar-refractivity contribution in [1.29, 1.82) is 0 Å². The summed E-state index contributed by atoms with van der Waals surface area (Å²) in [6, 6.07) is 16.0. The molecule has 3 aliphatic rings. The van der Waals surface area contributed by atoms with Gasteiger partial charge in [-0.1, -0.05) is 51.1 Å². The van der Waals surface area contributed by atoms with Crippen molar-refractivity contribution < 1.29 is 17.9 Å². The SMILES string of the molecule is Cc1cccc(C)c1-c1cc2nc(n1)NS(=O)(=O)c1cccc(c1)C(CC1CC(N3C[C@@H](C)O[C@@H](C)C3)C1)[C@H](CC(C)(C)C)CO2. The smallest absolute Gasteiger partial charge is 0.264 e. The highest BCUT2D eigenvalue weighted by Crippen LogP contribution is 2.45. The van der Waals surface area contributed by atoms with Gasteiger partial charge in [-0.25, -0.2) is 18.1 Å². The number of anilines is 1. The van der Waals surface area contributed by atoms with E-state index in [4.69, 9.17) is 9.47 Å². The van der Waals surface area contributed by atoms with Crippen molar-refractivity contribution in [3.8, 4) is 17.1 Å². The predicted octanol–water partition coefficient (Wildman–Crippen LogP) is 7.37. The normalized spacial score (nSPS) is 28.2. The summed E-state index contributed by atoms with van der Waals surface area (Å²) in [5.74, 6) is 1.26. The van der Waals surface area contributed by atoms with Crippen LogP contribution < -0.4 is 9.46 Å². The molecule has 6 rings (SSSR count). The Morgan fingerprint density at radius 1 is 0.957 bits per heavy atom. The maximum absolute atomic E-state index is 13.8. The molecule has 1 saturated carbocycles. The number of rotatable bonds is 5. The number of sulfonamides is 1. The summed E-state index contributed by atoms with van der Waals surface area (Å²) in [4.78, 5) is 12.1. The van der Waals surface area contributed by atoms with Gasteiger partial charge in [0.05, 0.1) is 29.4 Å². The minimum atomic E-state index is -3.94. The quantitative estimate of drug-likeness (QED) is 0.309. The topological polar surface area (TPSA) is 93.7 Å². The monoisotopic (exact) mass is 646 g/mol. The van der Waals surface area contributed by atoms with Crippen LogP contribution in [0.5, 0.6) is 5.88 Å². The van der Waals surface area contributed by atoms with Crippen LogP contribution in [-0.4, -0.2) is 61.2 Å². The molecule has 8 nitrogen and oxygen atoms in total. The first-order chi connectivity index (χ1) is 21.7. The van der Waals surface area contributed by atoms with Crippen molar-refractivity contribution in [1.82, 2.24) is 14.9 Å². The van der Waals surface area contributed by atoms with Gasteiger partial charge in [-0.3, -0.25) is 4.90 Å². The molecule has 2 aliphatic heterocycles. The van der Waals surface area contributed by atoms with Crippen LogP contribution in [0.15, 0.2) is 53.4 Å². The Kier molecular flexibility index (Phi) is 9.22. The van der Waals surface area contributed by atoms with E-state index in [1.165, 1.54) is 0 Å². The molecular weight excluding hydrogens is 596 g/mol. The van der Waals surface area contributed by atoms with Crippen LogP contribution in [0.2, 0.25) is 0 Å². The van der Waals surface area contributed by atoms with E-state index < -0.39 is 10.0 Å². The minimum Gasteiger partial charge on any atom is -0.477 e. The first-order valence-electron chi connectivity index (χ1n) is 16.8. The first-order valence-corrected chi connectivity index (χ1v) is 18.3. The number of nitrogens with one attached hydrogen (secondary N) is 1. The van der Waals surface area contributed by atoms with E-state index in [2.05, 4.69) is 60.3 Å². The molecule has 1 aromatic heterocycles.